The van der Waals surface area contributed by atoms with Gasteiger partial charge in [-0.1, -0.05) is 25.6 Å². The highest BCUT2D eigenvalue weighted by atomic mass is 32.2. The summed E-state index contributed by atoms with van der Waals surface area (Å²) in [7, 11) is 3.03. The molecule has 0 saturated carbocycles. The predicted octanol–water partition coefficient (Wildman–Crippen LogP) is 2.48. The summed E-state index contributed by atoms with van der Waals surface area (Å²) in [5, 5.41) is 5.32. The monoisotopic (exact) mass is 380 g/mol. The van der Waals surface area contributed by atoms with Gasteiger partial charge in [0.25, 0.3) is 0 Å². The number of carbonyl (C=O) groups excluding carboxylic acids is 2. The van der Waals surface area contributed by atoms with Gasteiger partial charge in [-0.25, -0.2) is 4.79 Å². The topological polar surface area (TPSA) is 85.9 Å². The number of hydrogen-bond donors (Lipinski definition) is 2. The lowest BCUT2D eigenvalue weighted by atomic mass is 9.88. The third kappa shape index (κ3) is 4.43. The van der Waals surface area contributed by atoms with E-state index >= 15 is 0 Å². The molecule has 0 unspecified atom stereocenters. The van der Waals surface area contributed by atoms with Crippen LogP contribution in [0.4, 0.5) is 4.79 Å². The van der Waals surface area contributed by atoms with E-state index in [1.807, 2.05) is 6.92 Å². The second-order valence-corrected chi connectivity index (χ2v) is 6.92. The van der Waals surface area contributed by atoms with Crippen LogP contribution in [0.2, 0.25) is 0 Å². The van der Waals surface area contributed by atoms with E-state index in [9.17, 15) is 9.59 Å². The van der Waals surface area contributed by atoms with Crippen molar-refractivity contribution in [2.75, 3.05) is 32.3 Å². The second-order valence-electron chi connectivity index (χ2n) is 5.53. The third-order valence-electron chi connectivity index (χ3n) is 3.97. The van der Waals surface area contributed by atoms with E-state index in [2.05, 4.69) is 17.2 Å². The maximum Gasteiger partial charge on any atom is 0.319 e. The van der Waals surface area contributed by atoms with Gasteiger partial charge in [0.1, 0.15) is 12.5 Å². The van der Waals surface area contributed by atoms with Crippen LogP contribution in [0.1, 0.15) is 18.5 Å². The number of esters is 1. The first kappa shape index (κ1) is 20.0. The zero-order chi connectivity index (χ0) is 19.1. The summed E-state index contributed by atoms with van der Waals surface area (Å²) in [6, 6.07) is 4.18. The highest BCUT2D eigenvalue weighted by Crippen LogP contribution is 2.40. The molecule has 1 aromatic carbocycles. The predicted molar refractivity (Wildman–Crippen MR) is 101 cm³/mol. The minimum atomic E-state index is -0.777. The zero-order valence-corrected chi connectivity index (χ0v) is 16.0. The Morgan fingerprint density at radius 1 is 1.31 bits per heavy atom. The lowest BCUT2D eigenvalue weighted by molar-refractivity contribution is -0.147. The molecule has 26 heavy (non-hydrogen) atoms. The number of hydrogen-bond acceptors (Lipinski definition) is 6. The molecule has 0 radical (unpaired) electrons. The molecule has 2 amide bonds. The van der Waals surface area contributed by atoms with Gasteiger partial charge in [0.05, 0.1) is 20.3 Å². The van der Waals surface area contributed by atoms with Crippen LogP contribution >= 0.6 is 11.8 Å². The van der Waals surface area contributed by atoms with Crippen molar-refractivity contribution in [2.24, 2.45) is 5.92 Å². The van der Waals surface area contributed by atoms with E-state index in [4.69, 9.17) is 14.2 Å². The van der Waals surface area contributed by atoms with Gasteiger partial charge in [0.2, 0.25) is 0 Å². The maximum absolute atomic E-state index is 12.7. The van der Waals surface area contributed by atoms with Crippen LogP contribution in [0, 0.1) is 5.92 Å². The van der Waals surface area contributed by atoms with E-state index < -0.39 is 24.0 Å². The normalized spacial score (nSPS) is 19.3. The molecule has 7 nitrogen and oxygen atoms in total. The van der Waals surface area contributed by atoms with Crippen LogP contribution < -0.4 is 20.1 Å². The Balaban J connectivity index is 2.32. The number of methoxy groups -OCH3 is 2. The van der Waals surface area contributed by atoms with Crippen molar-refractivity contribution in [1.29, 1.82) is 0 Å². The SMILES string of the molecule is C=C1NC(=O)N[C@@H](c2cccc(OC)c2OC)[C@@H]1C(=O)OCCSCC. The molecule has 142 valence electrons. The molecule has 0 aromatic heterocycles. The first-order valence-electron chi connectivity index (χ1n) is 8.25. The maximum atomic E-state index is 12.7. The standard InChI is InChI=1S/C18H24N2O5S/c1-5-26-10-9-25-17(21)14-11(2)19-18(22)20-15(14)12-7-6-8-13(23-3)16(12)24-4/h6-8,14-15H,2,5,9-10H2,1,3-4H3,(H2,19,20,22)/t14-,15+/m1/s1. The highest BCUT2D eigenvalue weighted by molar-refractivity contribution is 7.99. The number of para-hydroxylation sites is 1. The number of thioether (sulfide) groups is 1. The van der Waals surface area contributed by atoms with Gasteiger partial charge in [-0.2, -0.15) is 11.8 Å². The van der Waals surface area contributed by atoms with E-state index in [1.165, 1.54) is 14.2 Å². The zero-order valence-electron chi connectivity index (χ0n) is 15.2. The van der Waals surface area contributed by atoms with E-state index in [1.54, 1.807) is 30.0 Å². The van der Waals surface area contributed by atoms with E-state index in [-0.39, 0.29) is 5.70 Å². The van der Waals surface area contributed by atoms with Gasteiger partial charge in [-0.05, 0) is 11.8 Å². The molecule has 1 fully saturated rings. The molecule has 0 spiro atoms. The van der Waals surface area contributed by atoms with Crippen LogP contribution in [0.25, 0.3) is 0 Å². The molecule has 1 aliphatic heterocycles. The van der Waals surface area contributed by atoms with Gasteiger partial charge >= 0.3 is 12.0 Å². The molecule has 0 bridgehead atoms. The minimum Gasteiger partial charge on any atom is -0.493 e. The van der Waals surface area contributed by atoms with Crippen molar-refractivity contribution in [3.8, 4) is 11.5 Å². The Hall–Kier alpha value is -2.35. The molecule has 2 rings (SSSR count). The summed E-state index contributed by atoms with van der Waals surface area (Å²) in [4.78, 5) is 24.6. The molecular formula is C18H24N2O5S. The van der Waals surface area contributed by atoms with Gasteiger partial charge in [0, 0.05) is 17.0 Å². The van der Waals surface area contributed by atoms with Gasteiger partial charge in [-0.15, -0.1) is 0 Å². The quantitative estimate of drug-likeness (QED) is 0.532. The summed E-state index contributed by atoms with van der Waals surface area (Å²) in [6.45, 7) is 6.18. The Morgan fingerprint density at radius 3 is 2.73 bits per heavy atom. The van der Waals surface area contributed by atoms with Crippen molar-refractivity contribution in [1.82, 2.24) is 10.6 Å². The van der Waals surface area contributed by atoms with E-state index in [0.29, 0.717) is 29.4 Å². The Labute approximate surface area is 157 Å². The highest BCUT2D eigenvalue weighted by Gasteiger charge is 2.40. The third-order valence-corrected chi connectivity index (χ3v) is 4.83. The number of rotatable bonds is 8. The molecule has 1 aliphatic rings. The molecule has 8 heteroatoms. The summed E-state index contributed by atoms with van der Waals surface area (Å²) >= 11 is 1.68. The van der Waals surface area contributed by atoms with Crippen molar-refractivity contribution in [2.45, 2.75) is 13.0 Å². The molecule has 0 aliphatic carbocycles. The number of benzene rings is 1. The fourth-order valence-corrected chi connectivity index (χ4v) is 3.30. The first-order valence-corrected chi connectivity index (χ1v) is 9.40. The summed E-state index contributed by atoms with van der Waals surface area (Å²) in [5.41, 5.74) is 0.907. The molecule has 2 atom stereocenters. The van der Waals surface area contributed by atoms with Gasteiger partial charge < -0.3 is 24.8 Å². The molecule has 1 saturated heterocycles. The van der Waals surface area contributed by atoms with Gasteiger partial charge in [0.15, 0.2) is 11.5 Å². The van der Waals surface area contributed by atoms with Crippen LogP contribution in [-0.2, 0) is 9.53 Å². The Kier molecular flexibility index (Phi) is 7.20. The number of amides is 2. The number of nitrogens with one attached hydrogen (secondary N) is 2. The summed E-state index contributed by atoms with van der Waals surface area (Å²) in [6.07, 6.45) is 0. The number of ether oxygens (including phenoxy) is 3. The van der Waals surface area contributed by atoms with Crippen LogP contribution in [-0.4, -0.2) is 44.3 Å². The average molecular weight is 380 g/mol. The second kappa shape index (κ2) is 9.38. The fraction of sp³-hybridized carbons (Fsp3) is 0.444. The Bertz CT molecular complexity index is 680. The van der Waals surface area contributed by atoms with Crippen molar-refractivity contribution in [3.63, 3.8) is 0 Å². The Morgan fingerprint density at radius 2 is 2.08 bits per heavy atom. The lowest BCUT2D eigenvalue weighted by Crippen LogP contribution is -2.51. The van der Waals surface area contributed by atoms with Crippen LogP contribution in [0.5, 0.6) is 11.5 Å². The molecule has 1 heterocycles. The van der Waals surface area contributed by atoms with Gasteiger partial charge in [-0.3, -0.25) is 4.79 Å². The number of carbonyl (C=O) groups is 2. The number of urea groups is 1. The van der Waals surface area contributed by atoms with Crippen LogP contribution in [0.15, 0.2) is 30.5 Å². The largest absolute Gasteiger partial charge is 0.493 e. The van der Waals surface area contributed by atoms with Crippen molar-refractivity contribution in [3.05, 3.63) is 36.0 Å². The van der Waals surface area contributed by atoms with Crippen molar-refractivity contribution >= 4 is 23.8 Å². The summed E-state index contributed by atoms with van der Waals surface area (Å²) < 4.78 is 16.2. The first-order chi connectivity index (χ1) is 12.5. The molecular weight excluding hydrogens is 356 g/mol. The van der Waals surface area contributed by atoms with Crippen LogP contribution in [0.3, 0.4) is 0 Å². The van der Waals surface area contributed by atoms with Crippen molar-refractivity contribution < 1.29 is 23.8 Å². The summed E-state index contributed by atoms with van der Waals surface area (Å²) in [5.74, 6) is 1.40. The average Bonchev–Trinajstić information content (AvgIpc) is 2.63. The lowest BCUT2D eigenvalue weighted by Gasteiger charge is -2.34. The molecule has 1 aromatic rings. The molecule has 2 N–H and O–H groups in total. The smallest absolute Gasteiger partial charge is 0.319 e. The van der Waals surface area contributed by atoms with E-state index in [0.717, 1.165) is 5.75 Å². The minimum absolute atomic E-state index is 0.289. The fourth-order valence-electron chi connectivity index (χ4n) is 2.81.